The van der Waals surface area contributed by atoms with Crippen LogP contribution in [-0.4, -0.2) is 0 Å². The molecule has 0 heterocycles. The molecule has 2 nitrogen and oxygen atoms in total. The number of rotatable bonds is 4. The highest BCUT2D eigenvalue weighted by Gasteiger charge is 2.00. The molecule has 70 valence electrons. The third kappa shape index (κ3) is 2.72. The second-order valence-electron chi connectivity index (χ2n) is 2.33. The van der Waals surface area contributed by atoms with Gasteiger partial charge in [-0.2, -0.15) is 0 Å². The Bertz CT molecular complexity index is 356. The molecule has 0 aromatic heterocycles. The van der Waals surface area contributed by atoms with Gasteiger partial charge in [-0.3, -0.25) is 0 Å². The molecule has 0 amide bonds. The molecule has 0 unspecified atom stereocenters. The van der Waals surface area contributed by atoms with Crippen molar-refractivity contribution in [3.63, 3.8) is 0 Å². The van der Waals surface area contributed by atoms with Crippen LogP contribution >= 0.6 is 0 Å². The normalized spacial score (nSPS) is 8.00. The van der Waals surface area contributed by atoms with E-state index in [0.29, 0.717) is 11.5 Å². The average molecular weight is 186 g/mol. The standard InChI is InChI=1S/C12H10O2/c1-3-9-13-11-7-5-6-8-12(11)14-10-4-2/h5-10H,1-2H2. The summed E-state index contributed by atoms with van der Waals surface area (Å²) in [7, 11) is 0. The van der Waals surface area contributed by atoms with Gasteiger partial charge in [-0.15, -0.1) is 0 Å². The van der Waals surface area contributed by atoms with E-state index in [4.69, 9.17) is 9.47 Å². The van der Waals surface area contributed by atoms with E-state index < -0.39 is 0 Å². The largest absolute Gasteiger partial charge is 0.453 e. The summed E-state index contributed by atoms with van der Waals surface area (Å²) in [5, 5.41) is 0. The predicted molar refractivity (Wildman–Crippen MR) is 55.1 cm³/mol. The molecule has 0 spiro atoms. The van der Waals surface area contributed by atoms with E-state index >= 15 is 0 Å². The quantitative estimate of drug-likeness (QED) is 0.531. The number of hydrogen-bond acceptors (Lipinski definition) is 2. The van der Waals surface area contributed by atoms with Gasteiger partial charge in [0.05, 0.1) is 0 Å². The van der Waals surface area contributed by atoms with Gasteiger partial charge in [0.2, 0.25) is 0 Å². The average Bonchev–Trinajstić information content (AvgIpc) is 2.24. The second kappa shape index (κ2) is 5.50. The van der Waals surface area contributed by atoms with Crippen LogP contribution in [0.5, 0.6) is 11.5 Å². The van der Waals surface area contributed by atoms with Crippen LogP contribution < -0.4 is 9.47 Å². The summed E-state index contributed by atoms with van der Waals surface area (Å²) in [4.78, 5) is 0. The van der Waals surface area contributed by atoms with Crippen molar-refractivity contribution in [2.75, 3.05) is 0 Å². The zero-order chi connectivity index (χ0) is 10.2. The molecule has 14 heavy (non-hydrogen) atoms. The van der Waals surface area contributed by atoms with Crippen LogP contribution in [0.1, 0.15) is 0 Å². The van der Waals surface area contributed by atoms with E-state index in [0.717, 1.165) is 0 Å². The maximum Gasteiger partial charge on any atom is 0.169 e. The first kappa shape index (κ1) is 9.94. The van der Waals surface area contributed by atoms with Crippen molar-refractivity contribution in [1.82, 2.24) is 0 Å². The summed E-state index contributed by atoms with van der Waals surface area (Å²) in [5.74, 6) is 1.19. The Labute approximate surface area is 83.1 Å². The first-order chi connectivity index (χ1) is 6.88. The topological polar surface area (TPSA) is 18.5 Å². The molecule has 0 aliphatic heterocycles. The van der Waals surface area contributed by atoms with Crippen LogP contribution in [0.4, 0.5) is 0 Å². The molecule has 2 heteroatoms. The Morgan fingerprint density at radius 2 is 1.36 bits per heavy atom. The monoisotopic (exact) mass is 186 g/mol. The van der Waals surface area contributed by atoms with Crippen molar-refractivity contribution in [1.29, 1.82) is 0 Å². The molecular weight excluding hydrogens is 176 g/mol. The van der Waals surface area contributed by atoms with Crippen molar-refractivity contribution >= 4 is 0 Å². The summed E-state index contributed by atoms with van der Waals surface area (Å²) in [5.41, 5.74) is 5.02. The van der Waals surface area contributed by atoms with Crippen LogP contribution in [-0.2, 0) is 0 Å². The molecule has 0 atom stereocenters. The van der Waals surface area contributed by atoms with E-state index in [1.807, 2.05) is 12.1 Å². The van der Waals surface area contributed by atoms with Crippen LogP contribution in [0.3, 0.4) is 0 Å². The zero-order valence-electron chi connectivity index (χ0n) is 7.69. The van der Waals surface area contributed by atoms with Crippen LogP contribution in [0.15, 0.2) is 61.4 Å². The summed E-state index contributed by atoms with van der Waals surface area (Å²) < 4.78 is 10.4. The van der Waals surface area contributed by atoms with Crippen molar-refractivity contribution in [3.05, 3.63) is 61.4 Å². The van der Waals surface area contributed by atoms with Gasteiger partial charge in [0.15, 0.2) is 11.5 Å². The second-order valence-corrected chi connectivity index (χ2v) is 2.33. The minimum Gasteiger partial charge on any atom is -0.453 e. The lowest BCUT2D eigenvalue weighted by Gasteiger charge is -2.04. The fourth-order valence-electron chi connectivity index (χ4n) is 0.855. The number of hydrogen-bond donors (Lipinski definition) is 0. The molecule has 0 aliphatic carbocycles. The first-order valence-electron chi connectivity index (χ1n) is 3.99. The Kier molecular flexibility index (Phi) is 3.90. The Morgan fingerprint density at radius 3 is 1.71 bits per heavy atom. The summed E-state index contributed by atoms with van der Waals surface area (Å²) in [6.07, 6.45) is 2.72. The van der Waals surface area contributed by atoms with Crippen molar-refractivity contribution < 1.29 is 9.47 Å². The van der Waals surface area contributed by atoms with Gasteiger partial charge in [-0.25, -0.2) is 0 Å². The SMILES string of the molecule is C=C=COc1ccccc1OC=C=C. The molecule has 0 aliphatic rings. The fourth-order valence-corrected chi connectivity index (χ4v) is 0.855. The molecule has 1 rings (SSSR count). The Balaban J connectivity index is 2.89. The van der Waals surface area contributed by atoms with Crippen LogP contribution in [0.25, 0.3) is 0 Å². The third-order valence-electron chi connectivity index (χ3n) is 1.39. The number of ether oxygens (including phenoxy) is 2. The first-order valence-corrected chi connectivity index (χ1v) is 3.99. The van der Waals surface area contributed by atoms with Crippen molar-refractivity contribution in [2.24, 2.45) is 0 Å². The fraction of sp³-hybridized carbons (Fsp3) is 0. The summed E-state index contributed by atoms with van der Waals surface area (Å²) in [6, 6.07) is 7.24. The molecule has 1 aromatic carbocycles. The molecule has 0 saturated heterocycles. The van der Waals surface area contributed by atoms with E-state index in [1.165, 1.54) is 12.5 Å². The minimum atomic E-state index is 0.593. The van der Waals surface area contributed by atoms with Crippen molar-refractivity contribution in [2.45, 2.75) is 0 Å². The highest BCUT2D eigenvalue weighted by molar-refractivity contribution is 5.40. The maximum atomic E-state index is 5.19. The molecule has 0 N–H and O–H groups in total. The lowest BCUT2D eigenvalue weighted by molar-refractivity contribution is 0.418. The van der Waals surface area contributed by atoms with E-state index in [9.17, 15) is 0 Å². The highest BCUT2D eigenvalue weighted by Crippen LogP contribution is 2.26. The third-order valence-corrected chi connectivity index (χ3v) is 1.39. The maximum absolute atomic E-state index is 5.19. The zero-order valence-corrected chi connectivity index (χ0v) is 7.69. The van der Waals surface area contributed by atoms with Gasteiger partial charge in [0.1, 0.15) is 12.5 Å². The number of para-hydroxylation sites is 2. The van der Waals surface area contributed by atoms with Gasteiger partial charge >= 0.3 is 0 Å². The summed E-state index contributed by atoms with van der Waals surface area (Å²) in [6.45, 7) is 6.78. The van der Waals surface area contributed by atoms with Gasteiger partial charge < -0.3 is 9.47 Å². The molecular formula is C12H10O2. The Morgan fingerprint density at radius 1 is 0.929 bits per heavy atom. The lowest BCUT2D eigenvalue weighted by Crippen LogP contribution is -1.87. The summed E-state index contributed by atoms with van der Waals surface area (Å²) >= 11 is 0. The molecule has 1 aromatic rings. The minimum absolute atomic E-state index is 0.593. The molecule has 0 radical (unpaired) electrons. The van der Waals surface area contributed by atoms with E-state index in [2.05, 4.69) is 24.6 Å². The molecule has 0 bridgehead atoms. The van der Waals surface area contributed by atoms with Gasteiger partial charge in [-0.05, 0) is 12.1 Å². The van der Waals surface area contributed by atoms with Crippen LogP contribution in [0.2, 0.25) is 0 Å². The number of benzene rings is 1. The van der Waals surface area contributed by atoms with Gasteiger partial charge in [0.25, 0.3) is 0 Å². The van der Waals surface area contributed by atoms with Crippen LogP contribution in [0, 0.1) is 0 Å². The Hall–Kier alpha value is -2.14. The van der Waals surface area contributed by atoms with E-state index in [1.54, 1.807) is 12.1 Å². The molecule has 0 fully saturated rings. The van der Waals surface area contributed by atoms with E-state index in [-0.39, 0.29) is 0 Å². The predicted octanol–water partition coefficient (Wildman–Crippen LogP) is 3.04. The smallest absolute Gasteiger partial charge is 0.169 e. The molecule has 0 saturated carbocycles. The highest BCUT2D eigenvalue weighted by atomic mass is 16.5. The lowest BCUT2D eigenvalue weighted by atomic mass is 10.3. The van der Waals surface area contributed by atoms with Gasteiger partial charge in [-0.1, -0.05) is 36.8 Å². The van der Waals surface area contributed by atoms with Crippen molar-refractivity contribution in [3.8, 4) is 11.5 Å². The van der Waals surface area contributed by atoms with Gasteiger partial charge in [0, 0.05) is 0 Å².